The highest BCUT2D eigenvalue weighted by Gasteiger charge is 2.26. The van der Waals surface area contributed by atoms with Crippen LogP contribution in [0.15, 0.2) is 24.3 Å². The lowest BCUT2D eigenvalue weighted by Gasteiger charge is -2.23. The van der Waals surface area contributed by atoms with Gasteiger partial charge in [-0.3, -0.25) is 14.4 Å². The third-order valence-corrected chi connectivity index (χ3v) is 4.39. The van der Waals surface area contributed by atoms with Gasteiger partial charge in [-0.2, -0.15) is 0 Å². The molecule has 0 saturated heterocycles. The first kappa shape index (κ1) is 22.0. The fourth-order valence-corrected chi connectivity index (χ4v) is 2.34. The quantitative estimate of drug-likeness (QED) is 0.574. The van der Waals surface area contributed by atoms with Crippen molar-refractivity contribution in [1.82, 2.24) is 16.0 Å². The van der Waals surface area contributed by atoms with Crippen LogP contribution in [0.2, 0.25) is 5.02 Å². The van der Waals surface area contributed by atoms with Gasteiger partial charge in [-0.25, -0.2) is 0 Å². The van der Waals surface area contributed by atoms with Crippen LogP contribution in [0.3, 0.4) is 0 Å². The van der Waals surface area contributed by atoms with Gasteiger partial charge in [0.2, 0.25) is 11.8 Å². The molecule has 0 fully saturated rings. The summed E-state index contributed by atoms with van der Waals surface area (Å²) in [6.45, 7) is 8.13. The predicted octanol–water partition coefficient (Wildman–Crippen LogP) is 2.37. The van der Waals surface area contributed by atoms with E-state index in [1.54, 1.807) is 38.1 Å². The highest BCUT2D eigenvalue weighted by Crippen LogP contribution is 2.12. The second-order valence-electron chi connectivity index (χ2n) is 6.58. The van der Waals surface area contributed by atoms with E-state index in [1.807, 2.05) is 13.8 Å². The minimum absolute atomic E-state index is 0.0310. The fourth-order valence-electron chi connectivity index (χ4n) is 2.21. The van der Waals surface area contributed by atoms with E-state index in [0.29, 0.717) is 23.7 Å². The van der Waals surface area contributed by atoms with E-state index in [0.717, 1.165) is 6.42 Å². The summed E-state index contributed by atoms with van der Waals surface area (Å²) in [6.07, 6.45) is 0.739. The van der Waals surface area contributed by atoms with Crippen molar-refractivity contribution in [3.8, 4) is 0 Å². The van der Waals surface area contributed by atoms with E-state index in [4.69, 9.17) is 11.6 Å². The van der Waals surface area contributed by atoms with Crippen molar-refractivity contribution < 1.29 is 14.4 Å². The molecule has 3 amide bonds. The number of amides is 3. The second kappa shape index (κ2) is 10.8. The predicted molar refractivity (Wildman–Crippen MR) is 103 cm³/mol. The molecule has 0 aliphatic carbocycles. The SMILES string of the molecule is CCC(C)C(NC(=O)c1ccc(Cl)cc1)C(=O)NCCNC(=O)C(C)C. The summed E-state index contributed by atoms with van der Waals surface area (Å²) in [5.41, 5.74) is 0.444. The van der Waals surface area contributed by atoms with Gasteiger partial charge in [-0.1, -0.05) is 45.7 Å². The Kier molecular flexibility index (Phi) is 9.13. The lowest BCUT2D eigenvalue weighted by atomic mass is 9.98. The third-order valence-electron chi connectivity index (χ3n) is 4.14. The molecule has 1 rings (SSSR count). The van der Waals surface area contributed by atoms with Crippen LogP contribution in [0, 0.1) is 11.8 Å². The fraction of sp³-hybridized carbons (Fsp3) is 0.526. The van der Waals surface area contributed by atoms with E-state index in [2.05, 4.69) is 16.0 Å². The van der Waals surface area contributed by atoms with Gasteiger partial charge in [0.25, 0.3) is 5.91 Å². The number of benzene rings is 1. The summed E-state index contributed by atoms with van der Waals surface area (Å²) < 4.78 is 0. The molecular weight excluding hydrogens is 354 g/mol. The van der Waals surface area contributed by atoms with E-state index in [1.165, 1.54) is 0 Å². The molecule has 0 aromatic heterocycles. The first-order valence-corrected chi connectivity index (χ1v) is 9.25. The molecule has 0 bridgehead atoms. The zero-order valence-electron chi connectivity index (χ0n) is 15.8. The van der Waals surface area contributed by atoms with Gasteiger partial charge in [0.1, 0.15) is 6.04 Å². The lowest BCUT2D eigenvalue weighted by Crippen LogP contribution is -2.51. The zero-order chi connectivity index (χ0) is 19.7. The number of carbonyl (C=O) groups excluding carboxylic acids is 3. The Balaban J connectivity index is 2.62. The first-order valence-electron chi connectivity index (χ1n) is 8.88. The summed E-state index contributed by atoms with van der Waals surface area (Å²) in [6, 6.07) is 5.84. The van der Waals surface area contributed by atoms with Crippen LogP contribution >= 0.6 is 11.6 Å². The average molecular weight is 382 g/mol. The Bertz CT molecular complexity index is 617. The van der Waals surface area contributed by atoms with Gasteiger partial charge in [0.15, 0.2) is 0 Å². The molecule has 0 aliphatic rings. The first-order chi connectivity index (χ1) is 12.3. The van der Waals surface area contributed by atoms with Gasteiger partial charge in [0, 0.05) is 29.6 Å². The van der Waals surface area contributed by atoms with Crippen molar-refractivity contribution in [1.29, 1.82) is 0 Å². The maximum Gasteiger partial charge on any atom is 0.251 e. The van der Waals surface area contributed by atoms with Crippen LogP contribution in [0.25, 0.3) is 0 Å². The second-order valence-corrected chi connectivity index (χ2v) is 7.02. The Morgan fingerprint density at radius 2 is 1.50 bits per heavy atom. The van der Waals surface area contributed by atoms with Crippen molar-refractivity contribution in [3.63, 3.8) is 0 Å². The summed E-state index contributed by atoms with van der Waals surface area (Å²) in [5.74, 6) is -0.779. The molecule has 2 unspecified atom stereocenters. The average Bonchev–Trinajstić information content (AvgIpc) is 2.62. The number of carbonyl (C=O) groups is 3. The van der Waals surface area contributed by atoms with Crippen molar-refractivity contribution >= 4 is 29.3 Å². The highest BCUT2D eigenvalue weighted by molar-refractivity contribution is 6.30. The monoisotopic (exact) mass is 381 g/mol. The number of hydrogen-bond donors (Lipinski definition) is 3. The van der Waals surface area contributed by atoms with E-state index >= 15 is 0 Å². The molecule has 3 N–H and O–H groups in total. The van der Waals surface area contributed by atoms with Crippen LogP contribution in [-0.4, -0.2) is 36.9 Å². The molecule has 0 radical (unpaired) electrons. The van der Waals surface area contributed by atoms with Crippen LogP contribution in [0.4, 0.5) is 0 Å². The number of hydrogen-bond acceptors (Lipinski definition) is 3. The minimum atomic E-state index is -0.649. The minimum Gasteiger partial charge on any atom is -0.354 e. The van der Waals surface area contributed by atoms with Gasteiger partial charge in [-0.05, 0) is 30.2 Å². The Morgan fingerprint density at radius 3 is 2.00 bits per heavy atom. The summed E-state index contributed by atoms with van der Waals surface area (Å²) >= 11 is 5.83. The van der Waals surface area contributed by atoms with Crippen LogP contribution in [-0.2, 0) is 9.59 Å². The van der Waals surface area contributed by atoms with Crippen LogP contribution in [0.1, 0.15) is 44.5 Å². The van der Waals surface area contributed by atoms with Gasteiger partial charge < -0.3 is 16.0 Å². The Labute approximate surface area is 160 Å². The van der Waals surface area contributed by atoms with Gasteiger partial charge >= 0.3 is 0 Å². The summed E-state index contributed by atoms with van der Waals surface area (Å²) in [7, 11) is 0. The van der Waals surface area contributed by atoms with E-state index < -0.39 is 6.04 Å². The maximum atomic E-state index is 12.5. The Hall–Kier alpha value is -2.08. The zero-order valence-corrected chi connectivity index (χ0v) is 16.5. The molecule has 2 atom stereocenters. The molecule has 1 aromatic rings. The molecule has 0 spiro atoms. The molecular formula is C19H28ClN3O3. The van der Waals surface area contributed by atoms with Gasteiger partial charge in [-0.15, -0.1) is 0 Å². The summed E-state index contributed by atoms with van der Waals surface area (Å²) in [5, 5.41) is 8.84. The third kappa shape index (κ3) is 7.04. The molecule has 6 nitrogen and oxygen atoms in total. The molecule has 0 aliphatic heterocycles. The molecule has 26 heavy (non-hydrogen) atoms. The van der Waals surface area contributed by atoms with Crippen LogP contribution < -0.4 is 16.0 Å². The van der Waals surface area contributed by atoms with Crippen LogP contribution in [0.5, 0.6) is 0 Å². The van der Waals surface area contributed by atoms with E-state index in [9.17, 15) is 14.4 Å². The maximum absolute atomic E-state index is 12.5. The van der Waals surface area contributed by atoms with Crippen molar-refractivity contribution in [2.45, 2.75) is 40.2 Å². The van der Waals surface area contributed by atoms with E-state index in [-0.39, 0.29) is 29.6 Å². The molecule has 7 heteroatoms. The van der Waals surface area contributed by atoms with Crippen molar-refractivity contribution in [3.05, 3.63) is 34.9 Å². The van der Waals surface area contributed by atoms with Crippen molar-refractivity contribution in [2.75, 3.05) is 13.1 Å². The molecule has 1 aromatic carbocycles. The number of rotatable bonds is 9. The topological polar surface area (TPSA) is 87.3 Å². The molecule has 144 valence electrons. The smallest absolute Gasteiger partial charge is 0.251 e. The van der Waals surface area contributed by atoms with Crippen molar-refractivity contribution in [2.24, 2.45) is 11.8 Å². The summed E-state index contributed by atoms with van der Waals surface area (Å²) in [4.78, 5) is 36.4. The normalized spacial score (nSPS) is 13.0. The lowest BCUT2D eigenvalue weighted by molar-refractivity contribution is -0.125. The van der Waals surface area contributed by atoms with Gasteiger partial charge in [0.05, 0.1) is 0 Å². The highest BCUT2D eigenvalue weighted by atomic mass is 35.5. The standard InChI is InChI=1S/C19H28ClN3O3/c1-5-13(4)16(19(26)22-11-10-21-17(24)12(2)3)23-18(25)14-6-8-15(20)9-7-14/h6-9,12-13,16H,5,10-11H2,1-4H3,(H,21,24)(H,22,26)(H,23,25). The Morgan fingerprint density at radius 1 is 0.962 bits per heavy atom. The number of nitrogens with one attached hydrogen (secondary N) is 3. The number of halogens is 1. The molecule has 0 saturated carbocycles. The largest absolute Gasteiger partial charge is 0.354 e. The molecule has 0 heterocycles.